The Morgan fingerprint density at radius 3 is 2.26 bits per heavy atom. The number of Topliss-reactive ketones (excluding diaryl/α,β-unsaturated/α-hetero) is 1. The van der Waals surface area contributed by atoms with Crippen LogP contribution in [0.15, 0.2) is 0 Å². The Balaban J connectivity index is 0.00000242. The van der Waals surface area contributed by atoms with Gasteiger partial charge < -0.3 is 24.5 Å². The molecule has 120 valence electrons. The molecular formula is C16H24K2O5. The maximum Gasteiger partial charge on any atom is 1.00 e. The van der Waals surface area contributed by atoms with E-state index in [2.05, 4.69) is 0 Å². The van der Waals surface area contributed by atoms with Gasteiger partial charge in [-0.05, 0) is 60.9 Å². The van der Waals surface area contributed by atoms with Crippen LogP contribution in [0, 0.1) is 22.7 Å². The van der Waals surface area contributed by atoms with Crippen molar-refractivity contribution in [3.63, 3.8) is 0 Å². The molecule has 0 aromatic carbocycles. The number of carboxylic acids is 1. The average molecular weight is 375 g/mol. The first-order chi connectivity index (χ1) is 9.64. The van der Waals surface area contributed by atoms with E-state index >= 15 is 0 Å². The molecule has 2 aliphatic rings. The van der Waals surface area contributed by atoms with Gasteiger partial charge in [0.25, 0.3) is 0 Å². The first-order valence-corrected chi connectivity index (χ1v) is 7.54. The first-order valence-electron chi connectivity index (χ1n) is 7.54. The van der Waals surface area contributed by atoms with Gasteiger partial charge in [-0.2, -0.15) is 0 Å². The van der Waals surface area contributed by atoms with Gasteiger partial charge in [0, 0.05) is 13.1 Å². The topological polar surface area (TPSA) is 89.5 Å². The van der Waals surface area contributed by atoms with Crippen LogP contribution in [0.1, 0.15) is 46.5 Å². The molecule has 0 aliphatic heterocycles. The summed E-state index contributed by atoms with van der Waals surface area (Å²) >= 11 is 0. The van der Waals surface area contributed by atoms with Gasteiger partial charge in [0.15, 0.2) is 0 Å². The van der Waals surface area contributed by atoms with E-state index in [1.165, 1.54) is 14.0 Å². The van der Waals surface area contributed by atoms with Gasteiger partial charge in [-0.25, -0.2) is 0 Å². The molecule has 0 aromatic heterocycles. The molecule has 0 N–H and O–H groups in total. The van der Waals surface area contributed by atoms with E-state index in [0.717, 1.165) is 12.8 Å². The standard InChI is InChI=1S/C16H25O5.2K/c1-10-5-6-12-14(3,9-21-4)16(20,11(2)17)8-15(10,12)7-13(18)19;;/h10,12H,5-9H2,1-4H3,(H,18,19);;/q-1;2*+1/p-1/t10?,12-,14-,15?,16?;;/m0../s1. The molecular weight excluding hydrogens is 350 g/mol. The fourth-order valence-electron chi connectivity index (χ4n) is 5.20. The minimum Gasteiger partial charge on any atom is -0.843 e. The second-order valence-corrected chi connectivity index (χ2v) is 7.22. The van der Waals surface area contributed by atoms with Gasteiger partial charge in [-0.1, -0.05) is 13.8 Å². The SMILES string of the molecule is COC[C@@]1(C)[C@@H]2CCC(C)C2(CC(=O)[O-])CC1([O-])C(C)=O.[K+].[K+]. The summed E-state index contributed by atoms with van der Waals surface area (Å²) in [5.41, 5.74) is -3.29. The quantitative estimate of drug-likeness (QED) is 0.447. The van der Waals surface area contributed by atoms with Crippen molar-refractivity contribution in [2.45, 2.75) is 52.1 Å². The number of hydrogen-bond donors (Lipinski definition) is 0. The normalized spacial score (nSPS) is 41.6. The predicted octanol–water partition coefficient (Wildman–Crippen LogP) is -6.09. The molecule has 7 heteroatoms. The van der Waals surface area contributed by atoms with Crippen molar-refractivity contribution in [3.8, 4) is 0 Å². The first kappa shape index (κ1) is 25.3. The summed E-state index contributed by atoms with van der Waals surface area (Å²) in [4.78, 5) is 23.4. The summed E-state index contributed by atoms with van der Waals surface area (Å²) in [6.45, 7) is 5.29. The molecule has 5 nitrogen and oxygen atoms in total. The third-order valence-electron chi connectivity index (χ3n) is 6.32. The molecule has 2 fully saturated rings. The van der Waals surface area contributed by atoms with Gasteiger partial charge in [-0.15, -0.1) is 0 Å². The van der Waals surface area contributed by atoms with Gasteiger partial charge in [0.1, 0.15) is 5.78 Å². The van der Waals surface area contributed by atoms with E-state index in [4.69, 9.17) is 4.74 Å². The molecule has 2 saturated carbocycles. The Hall–Kier alpha value is 2.33. The van der Waals surface area contributed by atoms with Crippen LogP contribution in [0.4, 0.5) is 0 Å². The Bertz CT molecular complexity index is 471. The van der Waals surface area contributed by atoms with E-state index in [9.17, 15) is 19.8 Å². The number of rotatable bonds is 5. The minimum atomic E-state index is -1.78. The zero-order valence-corrected chi connectivity index (χ0v) is 21.5. The van der Waals surface area contributed by atoms with E-state index < -0.39 is 28.2 Å². The van der Waals surface area contributed by atoms with Crippen LogP contribution < -0.4 is 113 Å². The summed E-state index contributed by atoms with van der Waals surface area (Å²) in [6, 6.07) is 0. The van der Waals surface area contributed by atoms with Gasteiger partial charge in [-0.3, -0.25) is 0 Å². The van der Waals surface area contributed by atoms with Crippen LogP contribution in [0.5, 0.6) is 0 Å². The summed E-state index contributed by atoms with van der Waals surface area (Å²) < 4.78 is 5.25. The van der Waals surface area contributed by atoms with Crippen molar-refractivity contribution in [2.75, 3.05) is 13.7 Å². The van der Waals surface area contributed by atoms with Crippen molar-refractivity contribution >= 4 is 11.8 Å². The molecule has 0 bridgehead atoms. The number of methoxy groups -OCH3 is 1. The molecule has 0 radical (unpaired) electrons. The maximum atomic E-state index is 13.3. The largest absolute Gasteiger partial charge is 1.00 e. The van der Waals surface area contributed by atoms with Crippen LogP contribution in [-0.4, -0.2) is 31.1 Å². The summed E-state index contributed by atoms with van der Waals surface area (Å²) in [5.74, 6) is -1.56. The third-order valence-corrected chi connectivity index (χ3v) is 6.32. The fourth-order valence-corrected chi connectivity index (χ4v) is 5.20. The van der Waals surface area contributed by atoms with Crippen molar-refractivity contribution in [1.29, 1.82) is 0 Å². The number of ether oxygens (including phenoxy) is 1. The summed E-state index contributed by atoms with van der Waals surface area (Å²) in [6.07, 6.45) is 1.58. The van der Waals surface area contributed by atoms with E-state index in [0.29, 0.717) is 0 Å². The number of ketones is 1. The van der Waals surface area contributed by atoms with Crippen molar-refractivity contribution in [3.05, 3.63) is 0 Å². The van der Waals surface area contributed by atoms with E-state index in [1.807, 2.05) is 6.92 Å². The number of fused-ring (bicyclic) bond motifs is 1. The Morgan fingerprint density at radius 2 is 1.83 bits per heavy atom. The molecule has 0 spiro atoms. The van der Waals surface area contributed by atoms with Crippen LogP contribution >= 0.6 is 0 Å². The van der Waals surface area contributed by atoms with Crippen LogP contribution in [-0.2, 0) is 14.3 Å². The Morgan fingerprint density at radius 1 is 1.26 bits per heavy atom. The van der Waals surface area contributed by atoms with Crippen molar-refractivity contribution in [1.82, 2.24) is 0 Å². The number of aliphatic carboxylic acids is 1. The second-order valence-electron chi connectivity index (χ2n) is 7.22. The van der Waals surface area contributed by atoms with E-state index in [-0.39, 0.29) is 134 Å². The Kier molecular flexibility index (Phi) is 9.93. The van der Waals surface area contributed by atoms with Crippen molar-refractivity contribution in [2.24, 2.45) is 22.7 Å². The maximum absolute atomic E-state index is 13.3. The van der Waals surface area contributed by atoms with Crippen LogP contribution in [0.2, 0.25) is 0 Å². The summed E-state index contributed by atoms with van der Waals surface area (Å²) in [5, 5.41) is 24.6. The fraction of sp³-hybridized carbons (Fsp3) is 0.875. The van der Waals surface area contributed by atoms with Gasteiger partial charge in [0.2, 0.25) is 0 Å². The smallest absolute Gasteiger partial charge is 0.843 e. The molecule has 5 atom stereocenters. The molecule has 2 rings (SSSR count). The number of carbonyl (C=O) groups excluding carboxylic acids is 2. The minimum absolute atomic E-state index is 0. The molecule has 0 amide bonds. The zero-order chi connectivity index (χ0) is 16.1. The average Bonchev–Trinajstić information content (AvgIpc) is 2.74. The monoisotopic (exact) mass is 374 g/mol. The molecule has 23 heavy (non-hydrogen) atoms. The molecule has 2 aliphatic carbocycles. The molecule has 0 saturated heterocycles. The molecule has 0 aromatic rings. The molecule has 0 heterocycles. The third kappa shape index (κ3) is 3.96. The van der Waals surface area contributed by atoms with Gasteiger partial charge in [0.05, 0.1) is 6.61 Å². The zero-order valence-electron chi connectivity index (χ0n) is 15.2. The Labute approximate surface area is 223 Å². The number of carbonyl (C=O) groups is 2. The van der Waals surface area contributed by atoms with Crippen molar-refractivity contribution < 1.29 is 127 Å². The van der Waals surface area contributed by atoms with E-state index in [1.54, 1.807) is 6.92 Å². The number of carboxylic acid groups (broad SMARTS) is 1. The molecule has 3 unspecified atom stereocenters. The van der Waals surface area contributed by atoms with Crippen LogP contribution in [0.25, 0.3) is 0 Å². The van der Waals surface area contributed by atoms with Gasteiger partial charge >= 0.3 is 103 Å². The summed E-state index contributed by atoms with van der Waals surface area (Å²) in [7, 11) is 1.52. The number of hydrogen-bond acceptors (Lipinski definition) is 5. The predicted molar refractivity (Wildman–Crippen MR) is 72.0 cm³/mol. The second kappa shape index (κ2) is 9.02. The van der Waals surface area contributed by atoms with Crippen LogP contribution in [0.3, 0.4) is 0 Å².